The molecule has 0 bridgehead atoms. The summed E-state index contributed by atoms with van der Waals surface area (Å²) in [6.45, 7) is 7.36. The lowest BCUT2D eigenvalue weighted by molar-refractivity contribution is -0.119. The number of fused-ring (bicyclic) bond motifs is 1. The Morgan fingerprint density at radius 1 is 1.24 bits per heavy atom. The molecule has 0 aliphatic carbocycles. The fourth-order valence-electron chi connectivity index (χ4n) is 3.55. The highest BCUT2D eigenvalue weighted by atomic mass is 32.1. The summed E-state index contributed by atoms with van der Waals surface area (Å²) in [6.07, 6.45) is 4.23. The minimum Gasteiger partial charge on any atom is -0.311 e. The van der Waals surface area contributed by atoms with E-state index in [1.807, 2.05) is 11.8 Å². The normalized spacial score (nSPS) is 17.5. The maximum atomic E-state index is 12.8. The third kappa shape index (κ3) is 3.39. The first-order chi connectivity index (χ1) is 12.1. The van der Waals surface area contributed by atoms with Gasteiger partial charge in [-0.1, -0.05) is 17.7 Å². The zero-order valence-corrected chi connectivity index (χ0v) is 15.6. The van der Waals surface area contributed by atoms with Crippen molar-refractivity contribution >= 4 is 22.9 Å². The summed E-state index contributed by atoms with van der Waals surface area (Å²) in [5, 5.41) is 3.18. The van der Waals surface area contributed by atoms with E-state index in [0.29, 0.717) is 6.54 Å². The van der Waals surface area contributed by atoms with Gasteiger partial charge in [-0.25, -0.2) is 4.98 Å². The monoisotopic (exact) mass is 353 g/mol. The highest BCUT2D eigenvalue weighted by Gasteiger charge is 2.26. The van der Waals surface area contributed by atoms with E-state index < -0.39 is 0 Å². The predicted molar refractivity (Wildman–Crippen MR) is 103 cm³/mol. The van der Waals surface area contributed by atoms with Gasteiger partial charge in [-0.15, -0.1) is 11.3 Å². The summed E-state index contributed by atoms with van der Waals surface area (Å²) >= 11 is 1.67. The minimum atomic E-state index is 0.212. The van der Waals surface area contributed by atoms with Gasteiger partial charge in [-0.2, -0.15) is 0 Å². The van der Waals surface area contributed by atoms with Crippen LogP contribution in [-0.2, 0) is 11.2 Å². The zero-order valence-electron chi connectivity index (χ0n) is 14.8. The third-order valence-corrected chi connectivity index (χ3v) is 5.84. The number of aryl methyl sites for hydroxylation is 1. The van der Waals surface area contributed by atoms with Gasteiger partial charge in [-0.05, 0) is 44.4 Å². The number of rotatable bonds is 3. The van der Waals surface area contributed by atoms with Crippen LogP contribution in [0.1, 0.15) is 23.9 Å². The Morgan fingerprint density at radius 2 is 2.12 bits per heavy atom. The Morgan fingerprint density at radius 3 is 2.84 bits per heavy atom. The first-order valence-corrected chi connectivity index (χ1v) is 9.72. The first kappa shape index (κ1) is 16.5. The Bertz CT molecular complexity index is 839. The number of benzene rings is 1. The molecule has 0 radical (unpaired) electrons. The van der Waals surface area contributed by atoms with Crippen molar-refractivity contribution in [1.82, 2.24) is 9.88 Å². The van der Waals surface area contributed by atoms with E-state index in [2.05, 4.69) is 46.5 Å². The van der Waals surface area contributed by atoms with Crippen molar-refractivity contribution < 1.29 is 4.79 Å². The van der Waals surface area contributed by atoms with Crippen molar-refractivity contribution in [1.29, 1.82) is 0 Å². The largest absolute Gasteiger partial charge is 0.311 e. The molecule has 4 rings (SSSR count). The van der Waals surface area contributed by atoms with Crippen LogP contribution in [-0.4, -0.2) is 42.0 Å². The first-order valence-electron chi connectivity index (χ1n) is 8.84. The number of amides is 1. The van der Waals surface area contributed by atoms with Gasteiger partial charge in [0.25, 0.3) is 0 Å². The fourth-order valence-corrected chi connectivity index (χ4v) is 4.17. The van der Waals surface area contributed by atoms with E-state index in [1.54, 1.807) is 11.3 Å². The minimum absolute atomic E-state index is 0.212. The molecule has 130 valence electrons. The van der Waals surface area contributed by atoms with Crippen molar-refractivity contribution in [2.45, 2.75) is 26.7 Å². The van der Waals surface area contributed by atoms with Gasteiger partial charge in [0.2, 0.25) is 5.91 Å². The maximum absolute atomic E-state index is 12.8. The Labute approximate surface area is 152 Å². The second-order valence-electron chi connectivity index (χ2n) is 6.93. The molecule has 3 heterocycles. The highest BCUT2D eigenvalue weighted by molar-refractivity contribution is 7.09. The SMILES string of the molecule is CC1=CCN(CC(=O)N2CCc3cc(-c4csc(C)n4)ccc32)CC1. The molecule has 4 nitrogen and oxygen atoms in total. The molecule has 5 heteroatoms. The summed E-state index contributed by atoms with van der Waals surface area (Å²) in [5.41, 5.74) is 5.94. The smallest absolute Gasteiger partial charge is 0.241 e. The fraction of sp³-hybridized carbons (Fsp3) is 0.400. The summed E-state index contributed by atoms with van der Waals surface area (Å²) in [5.74, 6) is 0.212. The summed E-state index contributed by atoms with van der Waals surface area (Å²) in [7, 11) is 0. The van der Waals surface area contributed by atoms with E-state index in [9.17, 15) is 4.79 Å². The molecule has 0 saturated heterocycles. The topological polar surface area (TPSA) is 36.4 Å². The van der Waals surface area contributed by atoms with E-state index in [-0.39, 0.29) is 5.91 Å². The molecular formula is C20H23N3OS. The van der Waals surface area contributed by atoms with E-state index >= 15 is 0 Å². The lowest BCUT2D eigenvalue weighted by Crippen LogP contribution is -2.41. The van der Waals surface area contributed by atoms with Crippen LogP contribution in [0.15, 0.2) is 35.2 Å². The van der Waals surface area contributed by atoms with Crippen LogP contribution in [0.4, 0.5) is 5.69 Å². The van der Waals surface area contributed by atoms with Gasteiger partial charge in [0, 0.05) is 36.3 Å². The van der Waals surface area contributed by atoms with E-state index in [4.69, 9.17) is 0 Å². The molecule has 2 aliphatic heterocycles. The number of anilines is 1. The van der Waals surface area contributed by atoms with Gasteiger partial charge >= 0.3 is 0 Å². The molecule has 1 aromatic heterocycles. The molecule has 0 N–H and O–H groups in total. The van der Waals surface area contributed by atoms with Gasteiger partial charge in [0.1, 0.15) is 0 Å². The Kier molecular flexibility index (Phi) is 4.44. The van der Waals surface area contributed by atoms with Crippen LogP contribution < -0.4 is 4.90 Å². The van der Waals surface area contributed by atoms with E-state index in [1.165, 1.54) is 11.1 Å². The lowest BCUT2D eigenvalue weighted by Gasteiger charge is -2.27. The third-order valence-electron chi connectivity index (χ3n) is 5.07. The molecular weight excluding hydrogens is 330 g/mol. The number of thiazole rings is 1. The van der Waals surface area contributed by atoms with Crippen molar-refractivity contribution in [3.8, 4) is 11.3 Å². The molecule has 2 aliphatic rings. The molecule has 0 atom stereocenters. The number of hydrogen-bond donors (Lipinski definition) is 0. The zero-order chi connectivity index (χ0) is 17.4. The predicted octanol–water partition coefficient (Wildman–Crippen LogP) is 3.66. The summed E-state index contributed by atoms with van der Waals surface area (Å²) < 4.78 is 0. The van der Waals surface area contributed by atoms with Crippen molar-refractivity contribution in [3.05, 3.63) is 45.8 Å². The summed E-state index contributed by atoms with van der Waals surface area (Å²) in [6, 6.07) is 6.38. The number of aromatic nitrogens is 1. The van der Waals surface area contributed by atoms with Crippen molar-refractivity contribution in [2.75, 3.05) is 31.1 Å². The van der Waals surface area contributed by atoms with Crippen molar-refractivity contribution in [3.63, 3.8) is 0 Å². The van der Waals surface area contributed by atoms with Crippen LogP contribution in [0.5, 0.6) is 0 Å². The van der Waals surface area contributed by atoms with Gasteiger partial charge in [0.05, 0.1) is 17.2 Å². The lowest BCUT2D eigenvalue weighted by atomic mass is 10.1. The molecule has 25 heavy (non-hydrogen) atoms. The average molecular weight is 353 g/mol. The quantitative estimate of drug-likeness (QED) is 0.790. The van der Waals surface area contributed by atoms with E-state index in [0.717, 1.165) is 54.4 Å². The van der Waals surface area contributed by atoms with Crippen LogP contribution in [0.2, 0.25) is 0 Å². The number of nitrogens with zero attached hydrogens (tertiary/aromatic N) is 3. The van der Waals surface area contributed by atoms with Gasteiger partial charge in [0.15, 0.2) is 0 Å². The van der Waals surface area contributed by atoms with Crippen LogP contribution >= 0.6 is 11.3 Å². The Balaban J connectivity index is 1.49. The average Bonchev–Trinajstić information content (AvgIpc) is 3.22. The molecule has 1 amide bonds. The van der Waals surface area contributed by atoms with Crippen LogP contribution in [0, 0.1) is 6.92 Å². The van der Waals surface area contributed by atoms with Crippen LogP contribution in [0.3, 0.4) is 0 Å². The van der Waals surface area contributed by atoms with Crippen LogP contribution in [0.25, 0.3) is 11.3 Å². The number of carbonyl (C=O) groups excluding carboxylic acids is 1. The highest BCUT2D eigenvalue weighted by Crippen LogP contribution is 2.33. The van der Waals surface area contributed by atoms with Gasteiger partial charge in [-0.3, -0.25) is 9.69 Å². The standard InChI is InChI=1S/C20H23N3OS/c1-14-5-8-22(9-6-14)12-20(24)23-10-7-17-11-16(3-4-19(17)23)18-13-25-15(2)21-18/h3-5,11,13H,6-10,12H2,1-2H3. The number of hydrogen-bond acceptors (Lipinski definition) is 4. The summed E-state index contributed by atoms with van der Waals surface area (Å²) in [4.78, 5) is 21.5. The van der Waals surface area contributed by atoms with Crippen molar-refractivity contribution in [2.24, 2.45) is 0 Å². The molecule has 0 spiro atoms. The molecule has 0 unspecified atom stereocenters. The molecule has 0 fully saturated rings. The second kappa shape index (κ2) is 6.73. The molecule has 0 saturated carbocycles. The number of carbonyl (C=O) groups is 1. The Hall–Kier alpha value is -1.98. The maximum Gasteiger partial charge on any atom is 0.241 e. The molecule has 2 aromatic rings. The molecule has 1 aromatic carbocycles. The van der Waals surface area contributed by atoms with Gasteiger partial charge < -0.3 is 4.90 Å². The second-order valence-corrected chi connectivity index (χ2v) is 7.99.